The number of hydrogen-bond acceptors (Lipinski definition) is 3. The van der Waals surface area contributed by atoms with Gasteiger partial charge in [-0.1, -0.05) is 18.5 Å². The molecule has 0 aliphatic carbocycles. The summed E-state index contributed by atoms with van der Waals surface area (Å²) in [6.45, 7) is 1.86. The quantitative estimate of drug-likeness (QED) is 0.787. The van der Waals surface area contributed by atoms with Gasteiger partial charge in [-0.05, 0) is 18.6 Å². The molecular formula is C11H9ClN2O. The van der Waals surface area contributed by atoms with E-state index >= 15 is 0 Å². The van der Waals surface area contributed by atoms with Crippen LogP contribution in [0.5, 0.6) is 5.75 Å². The Morgan fingerprint density at radius 2 is 2.20 bits per heavy atom. The molecule has 0 aliphatic heterocycles. The smallest absolute Gasteiger partial charge is 0.184 e. The number of nitrogens with zero attached hydrogens (tertiary/aromatic N) is 2. The van der Waals surface area contributed by atoms with E-state index in [4.69, 9.17) is 26.9 Å². The van der Waals surface area contributed by atoms with Crippen LogP contribution in [-0.2, 0) is 0 Å². The summed E-state index contributed by atoms with van der Waals surface area (Å²) in [4.78, 5) is 0. The van der Waals surface area contributed by atoms with E-state index in [0.717, 1.165) is 0 Å². The Kier molecular flexibility index (Phi) is 3.97. The highest BCUT2D eigenvalue weighted by molar-refractivity contribution is 6.31. The van der Waals surface area contributed by atoms with E-state index in [1.54, 1.807) is 18.2 Å². The Balaban J connectivity index is 2.86. The first-order valence-corrected chi connectivity index (χ1v) is 4.85. The van der Waals surface area contributed by atoms with E-state index in [1.807, 2.05) is 19.1 Å². The van der Waals surface area contributed by atoms with E-state index in [-0.39, 0.29) is 0 Å². The molecule has 0 aromatic heterocycles. The fraction of sp³-hybridized carbons (Fsp3) is 0.273. The van der Waals surface area contributed by atoms with Gasteiger partial charge in [-0.2, -0.15) is 10.5 Å². The van der Waals surface area contributed by atoms with Gasteiger partial charge < -0.3 is 4.74 Å². The first kappa shape index (κ1) is 11.4. The number of rotatable bonds is 3. The Morgan fingerprint density at radius 3 is 2.67 bits per heavy atom. The third kappa shape index (κ3) is 2.87. The maximum absolute atomic E-state index is 8.70. The van der Waals surface area contributed by atoms with Crippen molar-refractivity contribution in [2.24, 2.45) is 0 Å². The van der Waals surface area contributed by atoms with Crippen LogP contribution in [0, 0.1) is 22.7 Å². The topological polar surface area (TPSA) is 56.8 Å². The fourth-order valence-electron chi connectivity index (χ4n) is 1.03. The van der Waals surface area contributed by atoms with Gasteiger partial charge in [0.15, 0.2) is 6.10 Å². The molecule has 1 unspecified atom stereocenters. The summed E-state index contributed by atoms with van der Waals surface area (Å²) < 4.78 is 5.34. The standard InChI is InChI=1S/C11H9ClN2O/c1-2-9(7-14)15-10-4-3-8(6-13)11(12)5-10/h3-5,9H,2H2,1H3. The molecule has 0 N–H and O–H groups in total. The molecule has 76 valence electrons. The van der Waals surface area contributed by atoms with E-state index in [2.05, 4.69) is 0 Å². The van der Waals surface area contributed by atoms with E-state index in [9.17, 15) is 0 Å². The van der Waals surface area contributed by atoms with Crippen molar-refractivity contribution in [3.05, 3.63) is 28.8 Å². The van der Waals surface area contributed by atoms with Crippen LogP contribution in [0.3, 0.4) is 0 Å². The van der Waals surface area contributed by atoms with Gasteiger partial charge in [0, 0.05) is 6.07 Å². The van der Waals surface area contributed by atoms with Crippen LogP contribution in [-0.4, -0.2) is 6.10 Å². The van der Waals surface area contributed by atoms with Crippen molar-refractivity contribution in [3.8, 4) is 17.9 Å². The molecule has 0 heterocycles. The van der Waals surface area contributed by atoms with Crippen LogP contribution in [0.25, 0.3) is 0 Å². The van der Waals surface area contributed by atoms with Crippen molar-refractivity contribution >= 4 is 11.6 Å². The summed E-state index contributed by atoms with van der Waals surface area (Å²) in [6.07, 6.45) is 0.128. The van der Waals surface area contributed by atoms with Gasteiger partial charge in [-0.15, -0.1) is 0 Å². The maximum atomic E-state index is 8.70. The molecule has 0 aliphatic rings. The van der Waals surface area contributed by atoms with Crippen LogP contribution in [0.4, 0.5) is 0 Å². The van der Waals surface area contributed by atoms with Crippen molar-refractivity contribution in [3.63, 3.8) is 0 Å². The maximum Gasteiger partial charge on any atom is 0.184 e. The summed E-state index contributed by atoms with van der Waals surface area (Å²) in [7, 11) is 0. The van der Waals surface area contributed by atoms with Gasteiger partial charge >= 0.3 is 0 Å². The Bertz CT molecular complexity index is 431. The molecule has 15 heavy (non-hydrogen) atoms. The fourth-order valence-corrected chi connectivity index (χ4v) is 1.24. The Morgan fingerprint density at radius 1 is 1.47 bits per heavy atom. The number of hydrogen-bond donors (Lipinski definition) is 0. The minimum absolute atomic E-state index is 0.336. The van der Waals surface area contributed by atoms with Crippen LogP contribution < -0.4 is 4.74 Å². The monoisotopic (exact) mass is 220 g/mol. The molecule has 3 nitrogen and oxygen atoms in total. The first-order valence-electron chi connectivity index (χ1n) is 4.47. The molecule has 1 atom stereocenters. The van der Waals surface area contributed by atoms with Crippen LogP contribution in [0.15, 0.2) is 18.2 Å². The van der Waals surface area contributed by atoms with Gasteiger partial charge in [0.1, 0.15) is 17.9 Å². The molecule has 0 radical (unpaired) electrons. The van der Waals surface area contributed by atoms with Gasteiger partial charge in [0.25, 0.3) is 0 Å². The number of ether oxygens (including phenoxy) is 1. The molecule has 1 aromatic carbocycles. The molecule has 0 saturated heterocycles. The van der Waals surface area contributed by atoms with Crippen molar-refractivity contribution in [2.75, 3.05) is 0 Å². The average Bonchev–Trinajstić information content (AvgIpc) is 2.26. The van der Waals surface area contributed by atoms with Crippen molar-refractivity contribution in [2.45, 2.75) is 19.4 Å². The zero-order chi connectivity index (χ0) is 11.3. The second kappa shape index (κ2) is 5.24. The number of nitriles is 2. The summed E-state index contributed by atoms with van der Waals surface area (Å²) in [5.41, 5.74) is 0.397. The van der Waals surface area contributed by atoms with Crippen molar-refractivity contribution in [1.29, 1.82) is 10.5 Å². The largest absolute Gasteiger partial charge is 0.476 e. The van der Waals surface area contributed by atoms with Gasteiger partial charge in [0.05, 0.1) is 10.6 Å². The number of halogens is 1. The molecule has 1 rings (SSSR count). The lowest BCUT2D eigenvalue weighted by Gasteiger charge is -2.10. The number of benzene rings is 1. The minimum Gasteiger partial charge on any atom is -0.476 e. The molecule has 0 bridgehead atoms. The lowest BCUT2D eigenvalue weighted by atomic mass is 10.2. The SMILES string of the molecule is CCC(C#N)Oc1ccc(C#N)c(Cl)c1. The lowest BCUT2D eigenvalue weighted by Crippen LogP contribution is -2.12. The highest BCUT2D eigenvalue weighted by Gasteiger charge is 2.07. The molecule has 0 amide bonds. The first-order chi connectivity index (χ1) is 7.21. The third-order valence-corrected chi connectivity index (χ3v) is 2.17. The second-order valence-corrected chi connectivity index (χ2v) is 3.30. The normalized spacial score (nSPS) is 11.2. The lowest BCUT2D eigenvalue weighted by molar-refractivity contribution is 0.252. The highest BCUT2D eigenvalue weighted by Crippen LogP contribution is 2.22. The van der Waals surface area contributed by atoms with Crippen molar-refractivity contribution < 1.29 is 4.74 Å². The summed E-state index contributed by atoms with van der Waals surface area (Å²) in [5, 5.41) is 17.7. The average molecular weight is 221 g/mol. The van der Waals surface area contributed by atoms with E-state index in [0.29, 0.717) is 22.8 Å². The van der Waals surface area contributed by atoms with Gasteiger partial charge in [0.2, 0.25) is 0 Å². The van der Waals surface area contributed by atoms with Gasteiger partial charge in [-0.3, -0.25) is 0 Å². The predicted molar refractivity (Wildman–Crippen MR) is 56.5 cm³/mol. The molecule has 0 fully saturated rings. The Labute approximate surface area is 93.5 Å². The summed E-state index contributed by atoms with van der Waals surface area (Å²) in [6, 6.07) is 8.71. The second-order valence-electron chi connectivity index (χ2n) is 2.90. The van der Waals surface area contributed by atoms with Gasteiger partial charge in [-0.25, -0.2) is 0 Å². The van der Waals surface area contributed by atoms with E-state index in [1.165, 1.54) is 0 Å². The molecule has 0 saturated carbocycles. The molecule has 4 heteroatoms. The van der Waals surface area contributed by atoms with Crippen molar-refractivity contribution in [1.82, 2.24) is 0 Å². The van der Waals surface area contributed by atoms with Crippen LogP contribution in [0.2, 0.25) is 5.02 Å². The minimum atomic E-state index is -0.478. The molecule has 0 spiro atoms. The summed E-state index contributed by atoms with van der Waals surface area (Å²) in [5.74, 6) is 0.507. The molecule has 1 aromatic rings. The zero-order valence-corrected chi connectivity index (χ0v) is 8.95. The predicted octanol–water partition coefficient (Wildman–Crippen LogP) is 2.89. The van der Waals surface area contributed by atoms with E-state index < -0.39 is 6.10 Å². The molecular weight excluding hydrogens is 212 g/mol. The third-order valence-electron chi connectivity index (χ3n) is 1.85. The Hall–Kier alpha value is -1.71. The zero-order valence-electron chi connectivity index (χ0n) is 8.20. The van der Waals surface area contributed by atoms with Crippen LogP contribution >= 0.6 is 11.6 Å². The highest BCUT2D eigenvalue weighted by atomic mass is 35.5. The summed E-state index contributed by atoms with van der Waals surface area (Å²) >= 11 is 5.81. The van der Waals surface area contributed by atoms with Crippen LogP contribution in [0.1, 0.15) is 18.9 Å².